The summed E-state index contributed by atoms with van der Waals surface area (Å²) in [5.41, 5.74) is 5.16. The highest BCUT2D eigenvalue weighted by molar-refractivity contribution is 6.12. The Morgan fingerprint density at radius 3 is 2.36 bits per heavy atom. The molecule has 1 aliphatic rings. The summed E-state index contributed by atoms with van der Waals surface area (Å²) in [6, 6.07) is 21.5. The largest absolute Gasteiger partial charge is 0.494 e. The highest BCUT2D eigenvalue weighted by atomic mass is 16.5. The number of carbonyl (C=O) groups excluding carboxylic acids is 1. The topological polar surface area (TPSA) is 50.4 Å². The quantitative estimate of drug-likeness (QED) is 0.705. The molecule has 4 nitrogen and oxygen atoms in total. The number of fused-ring (bicyclic) bond motifs is 2. The molecule has 0 saturated carbocycles. The van der Waals surface area contributed by atoms with E-state index in [-0.39, 0.29) is 5.91 Å². The standard InChI is InChI=1S/C21H18N2O2/c1-2-25-16-7-5-6-14(12-16)15-10-11-17-20(13-15)22-18-8-3-4-9-19(18)23-21(17)24/h3-13,22H,2H2,1H3,(H,23,24). The van der Waals surface area contributed by atoms with Crippen molar-refractivity contribution in [1.29, 1.82) is 0 Å². The summed E-state index contributed by atoms with van der Waals surface area (Å²) >= 11 is 0. The normalized spacial score (nSPS) is 12.3. The Morgan fingerprint density at radius 2 is 1.56 bits per heavy atom. The first-order valence-electron chi connectivity index (χ1n) is 8.29. The van der Waals surface area contributed by atoms with E-state index in [1.165, 1.54) is 0 Å². The van der Waals surface area contributed by atoms with Gasteiger partial charge in [0.2, 0.25) is 0 Å². The van der Waals surface area contributed by atoms with Gasteiger partial charge in [0, 0.05) is 0 Å². The highest BCUT2D eigenvalue weighted by Gasteiger charge is 2.19. The predicted molar refractivity (Wildman–Crippen MR) is 101 cm³/mol. The number of rotatable bonds is 3. The second-order valence-electron chi connectivity index (χ2n) is 5.85. The third-order valence-corrected chi connectivity index (χ3v) is 4.19. The molecule has 124 valence electrons. The molecule has 4 heteroatoms. The Kier molecular flexibility index (Phi) is 3.86. The van der Waals surface area contributed by atoms with Gasteiger partial charge in [-0.2, -0.15) is 0 Å². The van der Waals surface area contributed by atoms with Crippen LogP contribution in [0.2, 0.25) is 0 Å². The van der Waals surface area contributed by atoms with Crippen molar-refractivity contribution in [3.8, 4) is 16.9 Å². The molecule has 1 aliphatic heterocycles. The molecule has 0 atom stereocenters. The first-order chi connectivity index (χ1) is 12.2. The third kappa shape index (κ3) is 2.94. The number of hydrogen-bond acceptors (Lipinski definition) is 3. The molecule has 0 radical (unpaired) electrons. The average Bonchev–Trinajstić information content (AvgIpc) is 2.77. The van der Waals surface area contributed by atoms with Crippen molar-refractivity contribution >= 4 is 23.0 Å². The molecule has 0 aromatic heterocycles. The number of hydrogen-bond donors (Lipinski definition) is 2. The van der Waals surface area contributed by atoms with Crippen molar-refractivity contribution in [3.05, 3.63) is 72.3 Å². The lowest BCUT2D eigenvalue weighted by Gasteiger charge is -2.11. The van der Waals surface area contributed by atoms with Crippen LogP contribution in [0.15, 0.2) is 66.7 Å². The molecule has 0 fully saturated rings. The molecule has 3 aromatic carbocycles. The molecule has 25 heavy (non-hydrogen) atoms. The summed E-state index contributed by atoms with van der Waals surface area (Å²) in [4.78, 5) is 12.5. The molecule has 1 heterocycles. The summed E-state index contributed by atoms with van der Waals surface area (Å²) in [5, 5.41) is 6.31. The molecular weight excluding hydrogens is 312 g/mol. The van der Waals surface area contributed by atoms with Crippen LogP contribution in [0, 0.1) is 0 Å². The van der Waals surface area contributed by atoms with Crippen molar-refractivity contribution in [3.63, 3.8) is 0 Å². The van der Waals surface area contributed by atoms with Crippen LogP contribution in [-0.2, 0) is 0 Å². The van der Waals surface area contributed by atoms with E-state index >= 15 is 0 Å². The van der Waals surface area contributed by atoms with Crippen LogP contribution in [-0.4, -0.2) is 12.5 Å². The van der Waals surface area contributed by atoms with Gasteiger partial charge in [-0.25, -0.2) is 0 Å². The molecule has 0 saturated heterocycles. The van der Waals surface area contributed by atoms with Gasteiger partial charge in [-0.15, -0.1) is 0 Å². The first kappa shape index (κ1) is 15.3. The zero-order chi connectivity index (χ0) is 17.2. The van der Waals surface area contributed by atoms with Gasteiger partial charge in [0.05, 0.1) is 29.2 Å². The molecular formula is C21H18N2O2. The molecule has 0 aliphatic carbocycles. The summed E-state index contributed by atoms with van der Waals surface area (Å²) in [6.07, 6.45) is 0. The summed E-state index contributed by atoms with van der Waals surface area (Å²) in [6.45, 7) is 2.60. The minimum absolute atomic E-state index is 0.109. The van der Waals surface area contributed by atoms with Crippen molar-refractivity contribution in [1.82, 2.24) is 0 Å². The second kappa shape index (κ2) is 6.32. The molecule has 2 N–H and O–H groups in total. The van der Waals surface area contributed by atoms with E-state index in [2.05, 4.69) is 10.6 Å². The van der Waals surface area contributed by atoms with Crippen LogP contribution < -0.4 is 15.4 Å². The van der Waals surface area contributed by atoms with Gasteiger partial charge < -0.3 is 15.4 Å². The highest BCUT2D eigenvalue weighted by Crippen LogP contribution is 2.34. The van der Waals surface area contributed by atoms with Crippen molar-refractivity contribution < 1.29 is 9.53 Å². The fourth-order valence-corrected chi connectivity index (χ4v) is 2.99. The van der Waals surface area contributed by atoms with E-state index in [1.54, 1.807) is 0 Å². The monoisotopic (exact) mass is 330 g/mol. The maximum atomic E-state index is 12.5. The third-order valence-electron chi connectivity index (χ3n) is 4.19. The molecule has 1 amide bonds. The van der Waals surface area contributed by atoms with Gasteiger partial charge in [0.1, 0.15) is 5.75 Å². The summed E-state index contributed by atoms with van der Waals surface area (Å²) in [5.74, 6) is 0.730. The van der Waals surface area contributed by atoms with E-state index < -0.39 is 0 Å². The number of ether oxygens (including phenoxy) is 1. The number of benzene rings is 3. The fraction of sp³-hybridized carbons (Fsp3) is 0.0952. The number of para-hydroxylation sites is 2. The number of amides is 1. The maximum absolute atomic E-state index is 12.5. The van der Waals surface area contributed by atoms with Gasteiger partial charge in [-0.3, -0.25) is 4.79 Å². The summed E-state index contributed by atoms with van der Waals surface area (Å²) in [7, 11) is 0. The molecule has 0 spiro atoms. The molecule has 0 bridgehead atoms. The van der Waals surface area contributed by atoms with E-state index in [0.717, 1.165) is 33.9 Å². The van der Waals surface area contributed by atoms with Crippen LogP contribution in [0.5, 0.6) is 5.75 Å². The van der Waals surface area contributed by atoms with Crippen LogP contribution in [0.4, 0.5) is 17.1 Å². The Balaban J connectivity index is 1.77. The number of carbonyl (C=O) groups is 1. The van der Waals surface area contributed by atoms with Gasteiger partial charge in [0.15, 0.2) is 0 Å². The zero-order valence-corrected chi connectivity index (χ0v) is 13.9. The van der Waals surface area contributed by atoms with Gasteiger partial charge in [-0.1, -0.05) is 30.3 Å². The number of nitrogens with one attached hydrogen (secondary N) is 2. The minimum Gasteiger partial charge on any atom is -0.494 e. The van der Waals surface area contributed by atoms with E-state index in [4.69, 9.17) is 4.74 Å². The minimum atomic E-state index is -0.109. The van der Waals surface area contributed by atoms with Crippen LogP contribution in [0.3, 0.4) is 0 Å². The Labute approximate surface area is 146 Å². The lowest BCUT2D eigenvalue weighted by atomic mass is 10.0. The Bertz CT molecular complexity index is 950. The smallest absolute Gasteiger partial charge is 0.257 e. The van der Waals surface area contributed by atoms with Gasteiger partial charge >= 0.3 is 0 Å². The van der Waals surface area contributed by atoms with Crippen molar-refractivity contribution in [2.45, 2.75) is 6.92 Å². The lowest BCUT2D eigenvalue weighted by Crippen LogP contribution is -2.10. The van der Waals surface area contributed by atoms with Crippen LogP contribution in [0.1, 0.15) is 17.3 Å². The molecule has 0 unspecified atom stereocenters. The molecule has 4 rings (SSSR count). The first-order valence-corrected chi connectivity index (χ1v) is 8.29. The average molecular weight is 330 g/mol. The summed E-state index contributed by atoms with van der Waals surface area (Å²) < 4.78 is 5.58. The number of anilines is 3. The Morgan fingerprint density at radius 1 is 0.800 bits per heavy atom. The van der Waals surface area contributed by atoms with E-state index in [1.807, 2.05) is 73.7 Å². The Hall–Kier alpha value is -3.27. The lowest BCUT2D eigenvalue weighted by molar-refractivity contribution is 0.102. The molecule has 3 aromatic rings. The van der Waals surface area contributed by atoms with Gasteiger partial charge in [-0.05, 0) is 54.4 Å². The van der Waals surface area contributed by atoms with E-state index in [0.29, 0.717) is 12.2 Å². The zero-order valence-electron chi connectivity index (χ0n) is 13.9. The van der Waals surface area contributed by atoms with Crippen LogP contribution >= 0.6 is 0 Å². The SMILES string of the molecule is CCOc1cccc(-c2ccc3c(c2)Nc2ccccc2NC3=O)c1. The fourth-order valence-electron chi connectivity index (χ4n) is 2.99. The van der Waals surface area contributed by atoms with E-state index in [9.17, 15) is 4.79 Å². The second-order valence-corrected chi connectivity index (χ2v) is 5.85. The maximum Gasteiger partial charge on any atom is 0.257 e. The van der Waals surface area contributed by atoms with Crippen LogP contribution in [0.25, 0.3) is 11.1 Å². The van der Waals surface area contributed by atoms with Gasteiger partial charge in [0.25, 0.3) is 5.91 Å². The van der Waals surface area contributed by atoms with Crippen molar-refractivity contribution in [2.75, 3.05) is 17.2 Å². The predicted octanol–water partition coefficient (Wildman–Crippen LogP) is 5.06. The van der Waals surface area contributed by atoms with Crippen molar-refractivity contribution in [2.24, 2.45) is 0 Å².